The van der Waals surface area contributed by atoms with Crippen molar-refractivity contribution in [1.82, 2.24) is 13.8 Å². The number of carbonyl (C=O) groups is 2. The molecule has 1 aliphatic heterocycles. The molecule has 0 unspecified atom stereocenters. The number of sulfonamides is 1. The van der Waals surface area contributed by atoms with Crippen LogP contribution in [-0.2, 0) is 10.0 Å². The first kappa shape index (κ1) is 22.2. The van der Waals surface area contributed by atoms with Gasteiger partial charge in [-0.2, -0.15) is 4.31 Å². The third kappa shape index (κ3) is 4.06. The van der Waals surface area contributed by atoms with Crippen LogP contribution in [0.15, 0.2) is 35.2 Å². The highest BCUT2D eigenvalue weighted by molar-refractivity contribution is 7.89. The van der Waals surface area contributed by atoms with Crippen LogP contribution in [0.5, 0.6) is 0 Å². The summed E-state index contributed by atoms with van der Waals surface area (Å²) in [4.78, 5) is 26.3. The van der Waals surface area contributed by atoms with Crippen molar-refractivity contribution in [2.24, 2.45) is 0 Å². The van der Waals surface area contributed by atoms with Crippen LogP contribution in [-0.4, -0.2) is 60.1 Å². The summed E-state index contributed by atoms with van der Waals surface area (Å²) in [5.74, 6) is -0.166. The van der Waals surface area contributed by atoms with Gasteiger partial charge in [0.15, 0.2) is 5.78 Å². The highest BCUT2D eigenvalue weighted by Gasteiger charge is 2.31. The van der Waals surface area contributed by atoms with Gasteiger partial charge in [-0.25, -0.2) is 8.42 Å². The Balaban J connectivity index is 1.72. The van der Waals surface area contributed by atoms with Crippen LogP contribution < -0.4 is 0 Å². The van der Waals surface area contributed by atoms with Gasteiger partial charge in [0.2, 0.25) is 10.0 Å². The first-order chi connectivity index (χ1) is 14.0. The third-order valence-corrected chi connectivity index (χ3v) is 7.57. The van der Waals surface area contributed by atoms with Gasteiger partial charge in [0.25, 0.3) is 5.91 Å². The number of aromatic nitrogens is 1. The molecule has 1 aliphatic rings. The maximum absolute atomic E-state index is 13.0. The predicted molar refractivity (Wildman–Crippen MR) is 115 cm³/mol. The second kappa shape index (κ2) is 8.35. The van der Waals surface area contributed by atoms with E-state index in [-0.39, 0.29) is 35.7 Å². The number of amides is 1. The number of hydrogen-bond donors (Lipinski definition) is 0. The Kier molecular flexibility index (Phi) is 6.19. The van der Waals surface area contributed by atoms with E-state index in [0.29, 0.717) is 24.2 Å². The minimum absolute atomic E-state index is 0.0575. The lowest BCUT2D eigenvalue weighted by Gasteiger charge is -2.34. The lowest BCUT2D eigenvalue weighted by Crippen LogP contribution is -2.50. The van der Waals surface area contributed by atoms with Crippen LogP contribution in [0.25, 0.3) is 0 Å². The average molecular weight is 432 g/mol. The lowest BCUT2D eigenvalue weighted by molar-refractivity contribution is 0.0697. The summed E-state index contributed by atoms with van der Waals surface area (Å²) in [6.07, 6.45) is 0. The van der Waals surface area contributed by atoms with Gasteiger partial charge in [0.1, 0.15) is 0 Å². The fraction of sp³-hybridized carbons (Fsp3) is 0.455. The Morgan fingerprint density at radius 2 is 1.53 bits per heavy atom. The van der Waals surface area contributed by atoms with Crippen LogP contribution in [0.1, 0.15) is 58.9 Å². The van der Waals surface area contributed by atoms with Crippen molar-refractivity contribution >= 4 is 21.7 Å². The van der Waals surface area contributed by atoms with Gasteiger partial charge in [0.05, 0.1) is 10.5 Å². The smallest absolute Gasteiger partial charge is 0.255 e. The van der Waals surface area contributed by atoms with Gasteiger partial charge < -0.3 is 9.47 Å². The molecular weight excluding hydrogens is 402 g/mol. The number of ketones is 1. The maximum Gasteiger partial charge on any atom is 0.255 e. The molecule has 30 heavy (non-hydrogen) atoms. The molecule has 7 nitrogen and oxygen atoms in total. The summed E-state index contributed by atoms with van der Waals surface area (Å²) < 4.78 is 29.4. The Hall–Kier alpha value is -2.45. The molecule has 1 amide bonds. The number of aryl methyl sites for hydroxylation is 1. The molecule has 2 heterocycles. The van der Waals surface area contributed by atoms with Crippen molar-refractivity contribution < 1.29 is 18.0 Å². The first-order valence-electron chi connectivity index (χ1n) is 10.1. The van der Waals surface area contributed by atoms with E-state index in [1.807, 2.05) is 19.9 Å². The topological polar surface area (TPSA) is 79.7 Å². The molecule has 1 saturated heterocycles. The van der Waals surface area contributed by atoms with Crippen LogP contribution in [0.3, 0.4) is 0 Å². The number of Topliss-reactive ketones (excluding diaryl/α,β-unsaturated/α-hetero) is 1. The third-order valence-electron chi connectivity index (χ3n) is 5.66. The number of rotatable bonds is 5. The van der Waals surface area contributed by atoms with Crippen LogP contribution in [0.2, 0.25) is 0 Å². The zero-order valence-electron chi connectivity index (χ0n) is 18.2. The summed E-state index contributed by atoms with van der Waals surface area (Å²) in [7, 11) is -3.66. The fourth-order valence-electron chi connectivity index (χ4n) is 4.10. The van der Waals surface area contributed by atoms with E-state index in [9.17, 15) is 18.0 Å². The normalized spacial score (nSPS) is 15.6. The summed E-state index contributed by atoms with van der Waals surface area (Å²) in [6, 6.07) is 8.16. The van der Waals surface area contributed by atoms with Gasteiger partial charge in [-0.1, -0.05) is 12.1 Å². The van der Waals surface area contributed by atoms with Gasteiger partial charge in [-0.3, -0.25) is 9.59 Å². The number of hydrogen-bond acceptors (Lipinski definition) is 4. The van der Waals surface area contributed by atoms with Crippen molar-refractivity contribution in [3.8, 4) is 0 Å². The molecule has 0 atom stereocenters. The first-order valence-corrected chi connectivity index (χ1v) is 11.6. The van der Waals surface area contributed by atoms with E-state index < -0.39 is 10.0 Å². The quantitative estimate of drug-likeness (QED) is 0.682. The largest absolute Gasteiger partial charge is 0.346 e. The van der Waals surface area contributed by atoms with Gasteiger partial charge in [-0.15, -0.1) is 0 Å². The van der Waals surface area contributed by atoms with Gasteiger partial charge in [0, 0.05) is 49.2 Å². The zero-order valence-corrected chi connectivity index (χ0v) is 19.0. The molecule has 8 heteroatoms. The van der Waals surface area contributed by atoms with Crippen LogP contribution in [0.4, 0.5) is 0 Å². The molecule has 2 aromatic rings. The molecule has 0 saturated carbocycles. The van der Waals surface area contributed by atoms with Gasteiger partial charge in [-0.05, 0) is 52.8 Å². The summed E-state index contributed by atoms with van der Waals surface area (Å²) >= 11 is 0. The Bertz CT molecular complexity index is 1060. The molecule has 0 aliphatic carbocycles. The summed E-state index contributed by atoms with van der Waals surface area (Å²) in [6.45, 7) is 10.7. The Morgan fingerprint density at radius 3 is 2.00 bits per heavy atom. The van der Waals surface area contributed by atoms with E-state index in [1.165, 1.54) is 35.5 Å². The van der Waals surface area contributed by atoms with Crippen LogP contribution in [0, 0.1) is 13.8 Å². The molecule has 1 aromatic heterocycles. The van der Waals surface area contributed by atoms with E-state index in [2.05, 4.69) is 18.4 Å². The molecule has 3 rings (SSSR count). The number of carbonyl (C=O) groups excluding carboxylic acids is 2. The highest BCUT2D eigenvalue weighted by Crippen LogP contribution is 2.23. The van der Waals surface area contributed by atoms with Crippen molar-refractivity contribution in [2.75, 3.05) is 26.2 Å². The van der Waals surface area contributed by atoms with Crippen LogP contribution >= 0.6 is 0 Å². The van der Waals surface area contributed by atoms with E-state index in [0.717, 1.165) is 11.4 Å². The monoisotopic (exact) mass is 431 g/mol. The van der Waals surface area contributed by atoms with E-state index in [1.54, 1.807) is 4.90 Å². The molecule has 162 valence electrons. The minimum atomic E-state index is -3.66. The minimum Gasteiger partial charge on any atom is -0.346 e. The van der Waals surface area contributed by atoms with E-state index in [4.69, 9.17) is 0 Å². The number of piperazine rings is 1. The Labute approximate surface area is 178 Å². The lowest BCUT2D eigenvalue weighted by atomic mass is 10.2. The van der Waals surface area contributed by atoms with Gasteiger partial charge >= 0.3 is 0 Å². The predicted octanol–water partition coefficient (Wildman–Crippen LogP) is 3.04. The molecule has 1 fully saturated rings. The summed E-state index contributed by atoms with van der Waals surface area (Å²) in [5, 5.41) is 0. The van der Waals surface area contributed by atoms with Crippen molar-refractivity contribution in [3.05, 3.63) is 52.8 Å². The van der Waals surface area contributed by atoms with Crippen molar-refractivity contribution in [1.29, 1.82) is 0 Å². The molecule has 0 bridgehead atoms. The fourth-order valence-corrected chi connectivity index (χ4v) is 5.52. The van der Waals surface area contributed by atoms with Crippen molar-refractivity contribution in [2.45, 2.75) is 45.6 Å². The molecule has 0 spiro atoms. The highest BCUT2D eigenvalue weighted by atomic mass is 32.2. The maximum atomic E-state index is 13.0. The zero-order chi connectivity index (χ0) is 22.2. The average Bonchev–Trinajstić information content (AvgIpc) is 3.01. The Morgan fingerprint density at radius 1 is 0.967 bits per heavy atom. The second-order valence-corrected chi connectivity index (χ2v) is 9.96. The molecule has 1 aromatic carbocycles. The standard InChI is InChI=1S/C22H29N3O4S/c1-15(2)25-16(3)14-21(17(25)4)22(27)23-10-12-24(13-11-23)30(28,29)20-8-6-19(7-9-20)18(5)26/h6-9,14-15H,10-13H2,1-5H3. The molecule has 0 N–H and O–H groups in total. The molecule has 0 radical (unpaired) electrons. The summed E-state index contributed by atoms with van der Waals surface area (Å²) in [5.41, 5.74) is 3.13. The second-order valence-electron chi connectivity index (χ2n) is 8.03. The number of benzene rings is 1. The number of nitrogens with zero attached hydrogens (tertiary/aromatic N) is 3. The molecular formula is C22H29N3O4S. The van der Waals surface area contributed by atoms with Crippen molar-refractivity contribution in [3.63, 3.8) is 0 Å². The SMILES string of the molecule is CC(=O)c1ccc(S(=O)(=O)N2CCN(C(=O)c3cc(C)n(C(C)C)c3C)CC2)cc1. The van der Waals surface area contributed by atoms with E-state index >= 15 is 0 Å².